The summed E-state index contributed by atoms with van der Waals surface area (Å²) in [5.41, 5.74) is 1.93. The predicted molar refractivity (Wildman–Crippen MR) is 212 cm³/mol. The van der Waals surface area contributed by atoms with Gasteiger partial charge < -0.3 is 29.2 Å². The second kappa shape index (κ2) is 17.7. The van der Waals surface area contributed by atoms with Gasteiger partial charge in [-0.3, -0.25) is 0 Å². The van der Waals surface area contributed by atoms with Gasteiger partial charge in [0.2, 0.25) is 32.3 Å². The van der Waals surface area contributed by atoms with Crippen LogP contribution < -0.4 is 18.9 Å². The summed E-state index contributed by atoms with van der Waals surface area (Å²) in [6.45, 7) is 4.04. The third-order valence-electron chi connectivity index (χ3n) is 8.72. The van der Waals surface area contributed by atoms with Crippen LogP contribution in [-0.2, 0) is 19.7 Å². The van der Waals surface area contributed by atoms with Crippen molar-refractivity contribution in [3.63, 3.8) is 0 Å². The molecule has 0 heterocycles. The van der Waals surface area contributed by atoms with Crippen molar-refractivity contribution < 1.29 is 46.0 Å². The maximum atomic E-state index is 13.0. The van der Waals surface area contributed by atoms with Gasteiger partial charge in [0, 0.05) is 12.8 Å². The minimum absolute atomic E-state index is 0.0119. The lowest BCUT2D eigenvalue weighted by Crippen LogP contribution is -2.23. The van der Waals surface area contributed by atoms with Crippen LogP contribution in [0, 0.1) is 0 Å². The summed E-state index contributed by atoms with van der Waals surface area (Å²) in [6, 6.07) is 38.4. The lowest BCUT2D eigenvalue weighted by Gasteiger charge is -2.21. The number of phenols is 2. The minimum Gasteiger partial charge on any atom is -0.508 e. The average Bonchev–Trinajstić information content (AvgIpc) is 3.19. The molecule has 0 bridgehead atoms. The van der Waals surface area contributed by atoms with E-state index >= 15 is 0 Å². The van der Waals surface area contributed by atoms with E-state index in [0.29, 0.717) is 35.8 Å². The molecule has 0 saturated heterocycles. The Balaban J connectivity index is 1.05. The molecular formula is C44H42O10S2. The van der Waals surface area contributed by atoms with Crippen LogP contribution in [0.5, 0.6) is 34.5 Å². The summed E-state index contributed by atoms with van der Waals surface area (Å²) in [6.07, 6.45) is 1.61. The molecule has 0 saturated carbocycles. The van der Waals surface area contributed by atoms with Crippen LogP contribution >= 0.6 is 0 Å². The van der Waals surface area contributed by atoms with Crippen molar-refractivity contribution in [1.82, 2.24) is 0 Å². The number of ether oxygens (including phenoxy) is 4. The summed E-state index contributed by atoms with van der Waals surface area (Å²) < 4.78 is 76.5. The molecule has 0 spiro atoms. The molecule has 0 amide bonds. The van der Waals surface area contributed by atoms with E-state index in [1.807, 2.05) is 62.4 Å². The first-order valence-corrected chi connectivity index (χ1v) is 21.1. The smallest absolute Gasteiger partial charge is 0.241 e. The first-order valence-electron chi connectivity index (χ1n) is 18.1. The van der Waals surface area contributed by atoms with Crippen LogP contribution in [-0.4, -0.2) is 39.6 Å². The van der Waals surface area contributed by atoms with Crippen molar-refractivity contribution in [3.8, 4) is 45.6 Å². The number of aromatic hydroxyl groups is 2. The molecule has 0 radical (unpaired) electrons. The molecule has 0 fully saturated rings. The Bertz CT molecular complexity index is 2220. The van der Waals surface area contributed by atoms with E-state index in [2.05, 4.69) is 0 Å². The molecule has 0 aliphatic rings. The fraction of sp³-hybridized carbons (Fsp3) is 0.182. The zero-order chi connectivity index (χ0) is 39.7. The summed E-state index contributed by atoms with van der Waals surface area (Å²) in [4.78, 5) is 0.388. The van der Waals surface area contributed by atoms with Gasteiger partial charge in [-0.05, 0) is 145 Å². The van der Waals surface area contributed by atoms with E-state index in [1.54, 1.807) is 24.3 Å². The average molecular weight is 795 g/mol. The van der Waals surface area contributed by atoms with Crippen molar-refractivity contribution in [2.75, 3.05) is 0 Å². The van der Waals surface area contributed by atoms with E-state index in [1.165, 1.54) is 72.8 Å². The number of hydrogen-bond acceptors (Lipinski definition) is 10. The Labute approximate surface area is 327 Å². The van der Waals surface area contributed by atoms with Crippen LogP contribution in [0.1, 0.15) is 39.5 Å². The topological polar surface area (TPSA) is 146 Å². The molecule has 0 aliphatic carbocycles. The highest BCUT2D eigenvalue weighted by Gasteiger charge is 2.20. The molecule has 2 unspecified atom stereocenters. The van der Waals surface area contributed by atoms with Crippen molar-refractivity contribution in [2.24, 2.45) is 0 Å². The summed E-state index contributed by atoms with van der Waals surface area (Å²) in [5.74, 6) is 2.14. The fourth-order valence-electron chi connectivity index (χ4n) is 5.73. The molecule has 2 atom stereocenters. The number of rotatable bonds is 17. The van der Waals surface area contributed by atoms with Crippen molar-refractivity contribution >= 4 is 19.7 Å². The molecule has 2 N–H and O–H groups in total. The Morgan fingerprint density at radius 2 is 0.625 bits per heavy atom. The van der Waals surface area contributed by atoms with E-state index in [-0.39, 0.29) is 31.1 Å². The molecule has 290 valence electrons. The number of hydrogen-bond donors (Lipinski definition) is 2. The minimum atomic E-state index is -3.75. The number of sulfone groups is 2. The normalized spacial score (nSPS) is 12.7. The highest BCUT2D eigenvalue weighted by atomic mass is 32.2. The van der Waals surface area contributed by atoms with Crippen molar-refractivity contribution in [2.45, 2.75) is 71.7 Å². The summed E-state index contributed by atoms with van der Waals surface area (Å²) in [5, 5.41) is 19.0. The van der Waals surface area contributed by atoms with Crippen LogP contribution in [0.15, 0.2) is 165 Å². The second-order valence-electron chi connectivity index (χ2n) is 12.9. The Hall–Kier alpha value is -5.98. The van der Waals surface area contributed by atoms with E-state index in [4.69, 9.17) is 18.9 Å². The fourth-order valence-corrected chi connectivity index (χ4v) is 8.25. The van der Waals surface area contributed by atoms with Crippen LogP contribution in [0.4, 0.5) is 0 Å². The van der Waals surface area contributed by atoms with E-state index in [9.17, 15) is 27.0 Å². The van der Waals surface area contributed by atoms with Crippen molar-refractivity contribution in [3.05, 3.63) is 146 Å². The summed E-state index contributed by atoms with van der Waals surface area (Å²) in [7, 11) is -7.51. The second-order valence-corrected chi connectivity index (χ2v) is 16.8. The molecule has 10 nitrogen and oxygen atoms in total. The van der Waals surface area contributed by atoms with E-state index in [0.717, 1.165) is 24.0 Å². The zero-order valence-electron chi connectivity index (χ0n) is 30.8. The van der Waals surface area contributed by atoms with Gasteiger partial charge in [-0.15, -0.1) is 0 Å². The van der Waals surface area contributed by atoms with Crippen LogP contribution in [0.25, 0.3) is 11.1 Å². The zero-order valence-corrected chi connectivity index (χ0v) is 32.4. The van der Waals surface area contributed by atoms with Gasteiger partial charge in [0.05, 0.1) is 19.6 Å². The third kappa shape index (κ3) is 9.81. The first-order chi connectivity index (χ1) is 26.9. The van der Waals surface area contributed by atoms with Gasteiger partial charge in [-0.2, -0.15) is 0 Å². The maximum Gasteiger partial charge on any atom is 0.241 e. The first kappa shape index (κ1) is 39.7. The predicted octanol–water partition coefficient (Wildman–Crippen LogP) is 9.60. The van der Waals surface area contributed by atoms with Gasteiger partial charge in [0.15, 0.2) is 0 Å². The monoisotopic (exact) mass is 794 g/mol. The Morgan fingerprint density at radius 1 is 0.393 bits per heavy atom. The maximum absolute atomic E-state index is 13.0. The SMILES string of the molecule is CCCC(Oc1ccc(-c2ccc(OC(CCC)Oc3ccc(S(=O)(=O)c4ccc(O)cc4)cc3)cc2)cc1)Oc1ccc(S(=O)(=O)c2ccc(O)cc2)cc1. The highest BCUT2D eigenvalue weighted by molar-refractivity contribution is 7.91. The standard InChI is InChI=1S/C44H42O10S2/c1-3-5-43(53-37-19-27-41(28-20-37)55(47,48)39-23-11-33(45)12-24-39)51-35-15-7-31(8-16-35)32-9-17-36(18-10-32)52-44(6-4-2)54-38-21-29-42(30-22-38)56(49,50)40-25-13-34(46)14-26-40/h7-30,43-46H,3-6H2,1-2H3. The quantitative estimate of drug-likeness (QED) is 0.0856. The molecule has 6 rings (SSSR count). The molecule has 6 aromatic rings. The van der Waals surface area contributed by atoms with Gasteiger partial charge in [0.25, 0.3) is 0 Å². The molecule has 0 aromatic heterocycles. The Morgan fingerprint density at radius 3 is 0.875 bits per heavy atom. The van der Waals surface area contributed by atoms with Gasteiger partial charge in [0.1, 0.15) is 34.5 Å². The summed E-state index contributed by atoms with van der Waals surface area (Å²) >= 11 is 0. The molecule has 56 heavy (non-hydrogen) atoms. The lowest BCUT2D eigenvalue weighted by atomic mass is 10.1. The van der Waals surface area contributed by atoms with Crippen LogP contribution in [0.2, 0.25) is 0 Å². The van der Waals surface area contributed by atoms with Gasteiger partial charge >= 0.3 is 0 Å². The van der Waals surface area contributed by atoms with Gasteiger partial charge in [-0.25, -0.2) is 16.8 Å². The third-order valence-corrected chi connectivity index (χ3v) is 12.3. The molecule has 12 heteroatoms. The Kier molecular flexibility index (Phi) is 12.5. The van der Waals surface area contributed by atoms with Gasteiger partial charge in [-0.1, -0.05) is 38.1 Å². The molecular weight excluding hydrogens is 753 g/mol. The molecule has 6 aromatic carbocycles. The largest absolute Gasteiger partial charge is 0.508 e. The lowest BCUT2D eigenvalue weighted by molar-refractivity contribution is -0.00145. The number of benzene rings is 6. The highest BCUT2D eigenvalue weighted by Crippen LogP contribution is 2.30. The molecule has 0 aliphatic heterocycles. The van der Waals surface area contributed by atoms with Crippen LogP contribution in [0.3, 0.4) is 0 Å². The van der Waals surface area contributed by atoms with Crippen molar-refractivity contribution in [1.29, 1.82) is 0 Å². The number of phenolic OH excluding ortho intramolecular Hbond substituents is 2. The van der Waals surface area contributed by atoms with E-state index < -0.39 is 32.3 Å².